The van der Waals surface area contributed by atoms with Crippen LogP contribution in [0, 0.1) is 0 Å². The van der Waals surface area contributed by atoms with Crippen LogP contribution in [-0.2, 0) is 16.4 Å². The van der Waals surface area contributed by atoms with Crippen molar-refractivity contribution in [3.8, 4) is 0 Å². The van der Waals surface area contributed by atoms with Crippen LogP contribution in [0.15, 0.2) is 47.9 Å². The first kappa shape index (κ1) is 23.1. The van der Waals surface area contributed by atoms with E-state index < -0.39 is 20.1 Å². The molecule has 4 rings (SSSR count). The summed E-state index contributed by atoms with van der Waals surface area (Å²) in [4.78, 5) is 5.93. The summed E-state index contributed by atoms with van der Waals surface area (Å²) in [5.74, 6) is 0. The van der Waals surface area contributed by atoms with Crippen molar-refractivity contribution in [1.29, 1.82) is 0 Å². The zero-order valence-electron chi connectivity index (χ0n) is 16.8. The summed E-state index contributed by atoms with van der Waals surface area (Å²) in [5, 5.41) is 3.22. The van der Waals surface area contributed by atoms with E-state index in [1.807, 2.05) is 17.5 Å². The molecule has 0 spiro atoms. The van der Waals surface area contributed by atoms with E-state index in [0.29, 0.717) is 42.6 Å². The monoisotopic (exact) mass is 517 g/mol. The van der Waals surface area contributed by atoms with Gasteiger partial charge in [-0.15, -0.1) is 22.9 Å². The molecule has 0 bridgehead atoms. The molecule has 0 radical (unpaired) electrons. The average molecular weight is 519 g/mol. The molecule has 0 saturated carbocycles. The first-order valence-electron chi connectivity index (χ1n) is 9.84. The highest BCUT2D eigenvalue weighted by atomic mass is 35.5. The average Bonchev–Trinajstić information content (AvgIpc) is 3.19. The molecule has 166 valence electrons. The highest BCUT2D eigenvalue weighted by molar-refractivity contribution is 7.90. The quantitative estimate of drug-likeness (QED) is 0.524. The van der Waals surface area contributed by atoms with E-state index in [-0.39, 0.29) is 0 Å². The summed E-state index contributed by atoms with van der Waals surface area (Å²) in [6.45, 7) is 3.72. The number of sulfonamides is 1. The van der Waals surface area contributed by atoms with Gasteiger partial charge in [0.25, 0.3) is 0 Å². The van der Waals surface area contributed by atoms with Crippen LogP contribution >= 0.6 is 46.1 Å². The van der Waals surface area contributed by atoms with Gasteiger partial charge in [0, 0.05) is 38.0 Å². The van der Waals surface area contributed by atoms with Gasteiger partial charge in [-0.05, 0) is 24.6 Å². The number of hydrogen-bond acceptors (Lipinski definition) is 5. The summed E-state index contributed by atoms with van der Waals surface area (Å²) in [7, 11) is -3.55. The van der Waals surface area contributed by atoms with E-state index in [4.69, 9.17) is 39.8 Å². The van der Waals surface area contributed by atoms with Crippen LogP contribution in [0.2, 0.25) is 10.0 Å². The fourth-order valence-corrected chi connectivity index (χ4v) is 7.38. The molecule has 31 heavy (non-hydrogen) atoms. The summed E-state index contributed by atoms with van der Waals surface area (Å²) in [5.41, 5.74) is 1.99. The Morgan fingerprint density at radius 3 is 2.58 bits per heavy atom. The summed E-state index contributed by atoms with van der Waals surface area (Å²) < 4.78 is 27.9. The van der Waals surface area contributed by atoms with Crippen molar-refractivity contribution in [2.45, 2.75) is 23.5 Å². The van der Waals surface area contributed by atoms with Crippen LogP contribution in [0.1, 0.15) is 18.2 Å². The molecule has 0 amide bonds. The van der Waals surface area contributed by atoms with Crippen molar-refractivity contribution < 1.29 is 8.42 Å². The molecule has 2 aromatic rings. The summed E-state index contributed by atoms with van der Waals surface area (Å²) in [6, 6.07) is 5.58. The van der Waals surface area contributed by atoms with Gasteiger partial charge >= 0.3 is 0 Å². The van der Waals surface area contributed by atoms with Crippen LogP contribution in [0.5, 0.6) is 0 Å². The molecule has 5 nitrogen and oxygen atoms in total. The number of rotatable bonds is 5. The highest BCUT2D eigenvalue weighted by Crippen LogP contribution is 2.33. The number of alkyl halides is 1. The zero-order chi connectivity index (χ0) is 22.2. The van der Waals surface area contributed by atoms with Crippen LogP contribution in [0.4, 0.5) is 5.13 Å². The number of hydrogen-bond donors (Lipinski definition) is 0. The maximum Gasteiger partial charge on any atom is 0.222 e. The number of aromatic nitrogens is 1. The van der Waals surface area contributed by atoms with Crippen molar-refractivity contribution >= 4 is 61.3 Å². The Balaban J connectivity index is 1.39. The maximum atomic E-state index is 13.2. The lowest BCUT2D eigenvalue weighted by Crippen LogP contribution is -2.54. The number of nitrogens with zero attached hydrogens (tertiary/aromatic N) is 3. The smallest absolute Gasteiger partial charge is 0.222 e. The topological polar surface area (TPSA) is 53.5 Å². The minimum Gasteiger partial charge on any atom is -0.345 e. The van der Waals surface area contributed by atoms with E-state index in [9.17, 15) is 8.42 Å². The van der Waals surface area contributed by atoms with E-state index in [1.165, 1.54) is 0 Å². The second-order valence-corrected chi connectivity index (χ2v) is 12.3. The Labute approximate surface area is 202 Å². The second-order valence-electron chi connectivity index (χ2n) is 7.79. The second kappa shape index (κ2) is 9.04. The van der Waals surface area contributed by atoms with Gasteiger partial charge in [0.05, 0.1) is 20.6 Å². The first-order chi connectivity index (χ1) is 14.7. The molecule has 1 fully saturated rings. The van der Waals surface area contributed by atoms with Crippen LogP contribution in [0.25, 0.3) is 0 Å². The van der Waals surface area contributed by atoms with E-state index in [2.05, 4.69) is 4.90 Å². The Bertz CT molecular complexity index is 1120. The van der Waals surface area contributed by atoms with Gasteiger partial charge in [0.15, 0.2) is 5.13 Å². The molecule has 2 heterocycles. The maximum absolute atomic E-state index is 13.2. The van der Waals surface area contributed by atoms with Gasteiger partial charge in [-0.3, -0.25) is 0 Å². The minimum absolute atomic E-state index is 0.408. The molecule has 1 aromatic carbocycles. The molecule has 10 heteroatoms. The van der Waals surface area contributed by atoms with E-state index in [0.717, 1.165) is 16.4 Å². The predicted molar refractivity (Wildman–Crippen MR) is 130 cm³/mol. The van der Waals surface area contributed by atoms with Crippen molar-refractivity contribution in [3.63, 3.8) is 0 Å². The summed E-state index contributed by atoms with van der Waals surface area (Å²) in [6.07, 6.45) is 7.60. The van der Waals surface area contributed by atoms with Gasteiger partial charge in [-0.25, -0.2) is 13.4 Å². The SMILES string of the molecule is CC1(Cl)C=CC=CC1S(=O)(=O)N1CCN(c2nc(Cc3ccc(Cl)c(Cl)c3)cs2)CC1. The van der Waals surface area contributed by atoms with Crippen LogP contribution in [0.3, 0.4) is 0 Å². The van der Waals surface area contributed by atoms with Gasteiger partial charge < -0.3 is 4.90 Å². The molecule has 0 N–H and O–H groups in total. The fraction of sp³-hybridized carbons (Fsp3) is 0.381. The van der Waals surface area contributed by atoms with Gasteiger partial charge in [0.1, 0.15) is 5.25 Å². The molecule has 1 aliphatic heterocycles. The minimum atomic E-state index is -3.55. The molecule has 1 aromatic heterocycles. The van der Waals surface area contributed by atoms with Gasteiger partial charge in [-0.1, -0.05) is 53.6 Å². The zero-order valence-corrected chi connectivity index (χ0v) is 20.7. The third kappa shape index (κ3) is 4.97. The molecule has 2 aliphatic rings. The molecule has 1 aliphatic carbocycles. The predicted octanol–water partition coefficient (Wildman–Crippen LogP) is 4.98. The number of halogens is 3. The molecule has 2 atom stereocenters. The van der Waals surface area contributed by atoms with Gasteiger partial charge in [0.2, 0.25) is 10.0 Å². The largest absolute Gasteiger partial charge is 0.345 e. The normalized spacial score (nSPS) is 24.6. The van der Waals surface area contributed by atoms with Crippen LogP contribution < -0.4 is 4.90 Å². The Morgan fingerprint density at radius 2 is 1.90 bits per heavy atom. The molecular formula is C21H22Cl3N3O2S2. The Kier molecular flexibility index (Phi) is 6.73. The Morgan fingerprint density at radius 1 is 1.16 bits per heavy atom. The highest BCUT2D eigenvalue weighted by Gasteiger charge is 2.43. The molecule has 2 unspecified atom stereocenters. The molecular weight excluding hydrogens is 497 g/mol. The standard InChI is InChI=1S/C21H22Cl3N3O2S2/c1-21(24)7-3-2-4-19(21)31(28,29)27-10-8-26(9-11-27)20-25-16(14-30-20)12-15-5-6-17(22)18(23)13-15/h2-7,13-14,19H,8-12H2,1H3. The number of allylic oxidation sites excluding steroid dienone is 3. The first-order valence-corrected chi connectivity index (χ1v) is 13.4. The number of benzene rings is 1. The lowest BCUT2D eigenvalue weighted by molar-refractivity contribution is 0.379. The van der Waals surface area contributed by atoms with E-state index in [1.54, 1.807) is 52.9 Å². The Hall–Kier alpha value is -1.09. The lowest BCUT2D eigenvalue weighted by Gasteiger charge is -2.38. The van der Waals surface area contributed by atoms with Crippen molar-refractivity contribution in [3.05, 3.63) is 69.2 Å². The third-order valence-corrected chi connectivity index (χ3v) is 10.0. The van der Waals surface area contributed by atoms with Crippen molar-refractivity contribution in [2.75, 3.05) is 31.1 Å². The lowest BCUT2D eigenvalue weighted by atomic mass is 10.0. The van der Waals surface area contributed by atoms with Crippen LogP contribution in [-0.4, -0.2) is 54.0 Å². The number of piperazine rings is 1. The van der Waals surface area contributed by atoms with E-state index >= 15 is 0 Å². The fourth-order valence-electron chi connectivity index (χ4n) is 3.76. The van der Waals surface area contributed by atoms with Gasteiger partial charge in [-0.2, -0.15) is 4.31 Å². The molecule has 1 saturated heterocycles. The van der Waals surface area contributed by atoms with Crippen molar-refractivity contribution in [1.82, 2.24) is 9.29 Å². The van der Waals surface area contributed by atoms with Crippen molar-refractivity contribution in [2.24, 2.45) is 0 Å². The number of thiazole rings is 1. The number of anilines is 1. The third-order valence-electron chi connectivity index (χ3n) is 5.47. The summed E-state index contributed by atoms with van der Waals surface area (Å²) >= 11 is 20.1.